The van der Waals surface area contributed by atoms with Gasteiger partial charge < -0.3 is 10.0 Å². The van der Waals surface area contributed by atoms with E-state index in [2.05, 4.69) is 23.0 Å². The van der Waals surface area contributed by atoms with Crippen molar-refractivity contribution in [2.24, 2.45) is 0 Å². The summed E-state index contributed by atoms with van der Waals surface area (Å²) < 4.78 is 0. The van der Waals surface area contributed by atoms with Crippen molar-refractivity contribution in [3.05, 3.63) is 24.0 Å². The van der Waals surface area contributed by atoms with E-state index < -0.39 is 6.10 Å². The zero-order chi connectivity index (χ0) is 11.5. The van der Waals surface area contributed by atoms with Crippen LogP contribution in [-0.2, 0) is 0 Å². The maximum Gasteiger partial charge on any atom is 0.0957 e. The summed E-state index contributed by atoms with van der Waals surface area (Å²) in [5.74, 6) is 0. The summed E-state index contributed by atoms with van der Waals surface area (Å²) in [7, 11) is 2.12. The van der Waals surface area contributed by atoms with Gasteiger partial charge in [0.2, 0.25) is 0 Å². The minimum atomic E-state index is -0.428. The third-order valence-electron chi connectivity index (χ3n) is 3.53. The van der Waals surface area contributed by atoms with Gasteiger partial charge in [-0.15, -0.1) is 0 Å². The number of aromatic nitrogens is 1. The molecule has 2 rings (SSSR count). The lowest BCUT2D eigenvalue weighted by molar-refractivity contribution is 0.169. The second-order valence-corrected chi connectivity index (χ2v) is 4.56. The minimum Gasteiger partial charge on any atom is -0.387 e. The smallest absolute Gasteiger partial charge is 0.0957 e. The second-order valence-electron chi connectivity index (χ2n) is 4.56. The molecule has 0 radical (unpaired) electrons. The van der Waals surface area contributed by atoms with E-state index in [0.29, 0.717) is 12.5 Å². The molecule has 0 saturated heterocycles. The summed E-state index contributed by atoms with van der Waals surface area (Å²) in [6.07, 6.45) is 6.07. The van der Waals surface area contributed by atoms with Gasteiger partial charge in [0.15, 0.2) is 0 Å². The van der Waals surface area contributed by atoms with E-state index in [1.165, 1.54) is 19.3 Å². The summed E-state index contributed by atoms with van der Waals surface area (Å²) in [5.41, 5.74) is 1.92. The molecule has 0 spiro atoms. The topological polar surface area (TPSA) is 36.4 Å². The normalized spacial score (nSPS) is 17.9. The SMILES string of the molecule is CC[C@@H](O)c1ccc(N(C)C2CCC2)cn1. The Kier molecular flexibility index (Phi) is 3.44. The van der Waals surface area contributed by atoms with Crippen LogP contribution in [0.3, 0.4) is 0 Å². The van der Waals surface area contributed by atoms with E-state index in [4.69, 9.17) is 0 Å². The van der Waals surface area contributed by atoms with Gasteiger partial charge in [-0.3, -0.25) is 4.98 Å². The number of pyridine rings is 1. The van der Waals surface area contributed by atoms with Gasteiger partial charge in [0.1, 0.15) is 0 Å². The molecule has 0 amide bonds. The van der Waals surface area contributed by atoms with Gasteiger partial charge in [-0.25, -0.2) is 0 Å². The molecule has 0 unspecified atom stereocenters. The van der Waals surface area contributed by atoms with Crippen LogP contribution in [0.4, 0.5) is 5.69 Å². The Bertz CT molecular complexity index is 332. The molecule has 1 saturated carbocycles. The molecule has 0 bridgehead atoms. The Morgan fingerprint density at radius 1 is 1.50 bits per heavy atom. The van der Waals surface area contributed by atoms with Crippen LogP contribution in [-0.4, -0.2) is 23.2 Å². The van der Waals surface area contributed by atoms with Crippen molar-refractivity contribution in [1.29, 1.82) is 0 Å². The van der Waals surface area contributed by atoms with Gasteiger partial charge >= 0.3 is 0 Å². The molecule has 1 aliphatic carbocycles. The van der Waals surface area contributed by atoms with Crippen LogP contribution >= 0.6 is 0 Å². The average molecular weight is 220 g/mol. The molecule has 0 aliphatic heterocycles. The Hall–Kier alpha value is -1.09. The van der Waals surface area contributed by atoms with Gasteiger partial charge in [-0.05, 0) is 37.8 Å². The van der Waals surface area contributed by atoms with Crippen molar-refractivity contribution in [1.82, 2.24) is 4.98 Å². The van der Waals surface area contributed by atoms with Gasteiger partial charge in [0.25, 0.3) is 0 Å². The Morgan fingerprint density at radius 2 is 2.25 bits per heavy atom. The van der Waals surface area contributed by atoms with E-state index in [-0.39, 0.29) is 0 Å². The molecule has 1 aliphatic rings. The van der Waals surface area contributed by atoms with Crippen molar-refractivity contribution < 1.29 is 5.11 Å². The molecule has 1 fully saturated rings. The fourth-order valence-electron chi connectivity index (χ4n) is 2.00. The zero-order valence-corrected chi connectivity index (χ0v) is 10.1. The summed E-state index contributed by atoms with van der Waals surface area (Å²) >= 11 is 0. The first kappa shape index (κ1) is 11.4. The Balaban J connectivity index is 2.06. The van der Waals surface area contributed by atoms with Crippen molar-refractivity contribution in [3.63, 3.8) is 0 Å². The van der Waals surface area contributed by atoms with Gasteiger partial charge in [0.05, 0.1) is 23.7 Å². The van der Waals surface area contributed by atoms with E-state index >= 15 is 0 Å². The fourth-order valence-corrected chi connectivity index (χ4v) is 2.00. The fraction of sp³-hybridized carbons (Fsp3) is 0.615. The van der Waals surface area contributed by atoms with E-state index in [0.717, 1.165) is 11.4 Å². The van der Waals surface area contributed by atoms with Crippen LogP contribution < -0.4 is 4.90 Å². The standard InChI is InChI=1S/C13H20N2O/c1-3-13(16)12-8-7-11(9-14-12)15(2)10-5-4-6-10/h7-10,13,16H,3-6H2,1-2H3/t13-/m1/s1. The lowest BCUT2D eigenvalue weighted by Crippen LogP contribution is -2.37. The number of anilines is 1. The van der Waals surface area contributed by atoms with Crippen LogP contribution in [0.25, 0.3) is 0 Å². The molecule has 1 N–H and O–H groups in total. The van der Waals surface area contributed by atoms with E-state index in [1.54, 1.807) is 0 Å². The van der Waals surface area contributed by atoms with E-state index in [1.807, 2.05) is 19.2 Å². The molecule has 1 aromatic rings. The third-order valence-corrected chi connectivity index (χ3v) is 3.53. The highest BCUT2D eigenvalue weighted by atomic mass is 16.3. The lowest BCUT2D eigenvalue weighted by Gasteiger charge is -2.36. The highest BCUT2D eigenvalue weighted by molar-refractivity contribution is 5.45. The van der Waals surface area contributed by atoms with Crippen LogP contribution in [0.5, 0.6) is 0 Å². The maximum absolute atomic E-state index is 9.65. The van der Waals surface area contributed by atoms with Crippen molar-refractivity contribution >= 4 is 5.69 Å². The Labute approximate surface area is 97.1 Å². The van der Waals surface area contributed by atoms with Crippen molar-refractivity contribution in [3.8, 4) is 0 Å². The summed E-state index contributed by atoms with van der Waals surface area (Å²) in [4.78, 5) is 6.61. The van der Waals surface area contributed by atoms with Crippen LogP contribution in [0.1, 0.15) is 44.4 Å². The molecule has 1 aromatic heterocycles. The molecular weight excluding hydrogens is 200 g/mol. The highest BCUT2D eigenvalue weighted by Gasteiger charge is 2.22. The zero-order valence-electron chi connectivity index (χ0n) is 10.1. The molecule has 3 heteroatoms. The second kappa shape index (κ2) is 4.83. The molecule has 1 heterocycles. The number of aliphatic hydroxyl groups is 1. The molecule has 3 nitrogen and oxygen atoms in total. The monoisotopic (exact) mass is 220 g/mol. The van der Waals surface area contributed by atoms with Gasteiger partial charge in [-0.2, -0.15) is 0 Å². The number of nitrogens with zero attached hydrogens (tertiary/aromatic N) is 2. The van der Waals surface area contributed by atoms with Crippen LogP contribution in [0.15, 0.2) is 18.3 Å². The Morgan fingerprint density at radius 3 is 2.69 bits per heavy atom. The average Bonchev–Trinajstić information content (AvgIpc) is 2.26. The predicted octanol–water partition coefficient (Wildman–Crippen LogP) is 2.51. The van der Waals surface area contributed by atoms with Crippen molar-refractivity contribution in [2.45, 2.75) is 44.8 Å². The summed E-state index contributed by atoms with van der Waals surface area (Å²) in [6.45, 7) is 1.96. The number of rotatable bonds is 4. The maximum atomic E-state index is 9.65. The molecule has 16 heavy (non-hydrogen) atoms. The quantitative estimate of drug-likeness (QED) is 0.847. The number of hydrogen-bond acceptors (Lipinski definition) is 3. The molecular formula is C13H20N2O. The molecule has 1 atom stereocenters. The molecule has 88 valence electrons. The first-order valence-electron chi connectivity index (χ1n) is 6.09. The van der Waals surface area contributed by atoms with E-state index in [9.17, 15) is 5.11 Å². The summed E-state index contributed by atoms with van der Waals surface area (Å²) in [5, 5.41) is 9.65. The van der Waals surface area contributed by atoms with Gasteiger partial charge in [0, 0.05) is 13.1 Å². The lowest BCUT2D eigenvalue weighted by atomic mass is 9.91. The van der Waals surface area contributed by atoms with Crippen molar-refractivity contribution in [2.75, 3.05) is 11.9 Å². The summed E-state index contributed by atoms with van der Waals surface area (Å²) in [6, 6.07) is 4.67. The number of aliphatic hydroxyl groups excluding tert-OH is 1. The predicted molar refractivity (Wildman–Crippen MR) is 65.5 cm³/mol. The van der Waals surface area contributed by atoms with Gasteiger partial charge in [-0.1, -0.05) is 6.92 Å². The largest absolute Gasteiger partial charge is 0.387 e. The minimum absolute atomic E-state index is 0.428. The molecule has 0 aromatic carbocycles. The third kappa shape index (κ3) is 2.19. The number of hydrogen-bond donors (Lipinski definition) is 1. The van der Waals surface area contributed by atoms with Crippen LogP contribution in [0.2, 0.25) is 0 Å². The first-order valence-corrected chi connectivity index (χ1v) is 6.09. The first-order chi connectivity index (χ1) is 7.72. The van der Waals surface area contributed by atoms with Crippen LogP contribution in [0, 0.1) is 0 Å². The highest BCUT2D eigenvalue weighted by Crippen LogP contribution is 2.28.